The summed E-state index contributed by atoms with van der Waals surface area (Å²) in [6, 6.07) is 4.59. The van der Waals surface area contributed by atoms with Crippen molar-refractivity contribution in [3.8, 4) is 0 Å². The third-order valence-corrected chi connectivity index (χ3v) is 4.71. The quantitative estimate of drug-likeness (QED) is 0.707. The van der Waals surface area contributed by atoms with Crippen LogP contribution in [0.5, 0.6) is 0 Å². The van der Waals surface area contributed by atoms with Gasteiger partial charge in [0.15, 0.2) is 0 Å². The number of aliphatic hydroxyl groups is 1. The van der Waals surface area contributed by atoms with Crippen LogP contribution in [0.15, 0.2) is 23.1 Å². The van der Waals surface area contributed by atoms with Crippen molar-refractivity contribution in [3.05, 3.63) is 18.2 Å². The summed E-state index contributed by atoms with van der Waals surface area (Å²) in [6.07, 6.45) is 3.45. The van der Waals surface area contributed by atoms with E-state index in [0.717, 1.165) is 25.7 Å². The van der Waals surface area contributed by atoms with Gasteiger partial charge in [-0.05, 0) is 31.0 Å². The topological polar surface area (TPSA) is 110 Å². The van der Waals surface area contributed by atoms with Gasteiger partial charge in [-0.25, -0.2) is 13.6 Å². The monoisotopic (exact) mass is 299 g/mol. The van der Waals surface area contributed by atoms with Gasteiger partial charge in [0.1, 0.15) is 4.90 Å². The predicted molar refractivity (Wildman–Crippen MR) is 78.9 cm³/mol. The Labute approximate surface area is 119 Å². The van der Waals surface area contributed by atoms with Crippen molar-refractivity contribution in [1.82, 2.24) is 0 Å². The Morgan fingerprint density at radius 2 is 1.95 bits per heavy atom. The average molecular weight is 299 g/mol. The van der Waals surface area contributed by atoms with Crippen LogP contribution in [-0.4, -0.2) is 32.7 Å². The first-order valence-corrected chi connectivity index (χ1v) is 8.12. The molecule has 1 fully saturated rings. The number of anilines is 2. The molecule has 0 bridgehead atoms. The molecule has 20 heavy (non-hydrogen) atoms. The maximum Gasteiger partial charge on any atom is 0.240 e. The first kappa shape index (κ1) is 15.1. The predicted octanol–water partition coefficient (Wildman–Crippen LogP) is 0.657. The summed E-state index contributed by atoms with van der Waals surface area (Å²) in [7, 11) is -2.11. The number of hydrogen-bond donors (Lipinski definition) is 3. The lowest BCUT2D eigenvalue weighted by atomic mass is 10.0. The van der Waals surface area contributed by atoms with Crippen LogP contribution < -0.4 is 15.8 Å². The maximum absolute atomic E-state index is 11.7. The number of likely N-dealkylation sites (N-methyl/N-ethyl adjacent to an activating group) is 1. The van der Waals surface area contributed by atoms with Crippen molar-refractivity contribution in [2.24, 2.45) is 5.14 Å². The second kappa shape index (κ2) is 5.23. The van der Waals surface area contributed by atoms with Crippen LogP contribution in [0, 0.1) is 0 Å². The first-order chi connectivity index (χ1) is 9.21. The van der Waals surface area contributed by atoms with Crippen LogP contribution in [0.1, 0.15) is 25.7 Å². The Hall–Kier alpha value is -1.31. The van der Waals surface area contributed by atoms with E-state index in [4.69, 9.17) is 10.9 Å². The van der Waals surface area contributed by atoms with Crippen molar-refractivity contribution in [2.45, 2.75) is 36.2 Å². The molecule has 0 saturated heterocycles. The van der Waals surface area contributed by atoms with E-state index in [9.17, 15) is 13.5 Å². The molecule has 1 aliphatic carbocycles. The van der Waals surface area contributed by atoms with Crippen LogP contribution >= 0.6 is 0 Å². The minimum absolute atomic E-state index is 0.0124. The highest BCUT2D eigenvalue weighted by molar-refractivity contribution is 7.89. The van der Waals surface area contributed by atoms with Crippen molar-refractivity contribution in [2.75, 3.05) is 24.2 Å². The molecule has 0 radical (unpaired) electrons. The van der Waals surface area contributed by atoms with Crippen molar-refractivity contribution in [1.29, 1.82) is 0 Å². The number of benzene rings is 1. The van der Waals surface area contributed by atoms with Gasteiger partial charge < -0.3 is 15.7 Å². The zero-order valence-electron chi connectivity index (χ0n) is 11.5. The summed E-state index contributed by atoms with van der Waals surface area (Å²) in [6.45, 7) is 0.374. The molecule has 6 nitrogen and oxygen atoms in total. The van der Waals surface area contributed by atoms with Gasteiger partial charge in [-0.15, -0.1) is 0 Å². The fourth-order valence-corrected chi connectivity index (χ4v) is 3.61. The number of rotatable bonds is 4. The highest BCUT2D eigenvalue weighted by Crippen LogP contribution is 2.33. The first-order valence-electron chi connectivity index (χ1n) is 6.57. The summed E-state index contributed by atoms with van der Waals surface area (Å²) in [5, 5.41) is 15.7. The third kappa shape index (κ3) is 3.23. The summed E-state index contributed by atoms with van der Waals surface area (Å²) in [4.78, 5) is 1.71. The number of hydrogen-bond acceptors (Lipinski definition) is 5. The number of nitrogen functional groups attached to an aromatic ring is 1. The fraction of sp³-hybridized carbons (Fsp3) is 0.538. The molecular weight excluding hydrogens is 278 g/mol. The molecule has 0 unspecified atom stereocenters. The fourth-order valence-electron chi connectivity index (χ4n) is 2.79. The van der Waals surface area contributed by atoms with Crippen LogP contribution in [-0.2, 0) is 10.0 Å². The van der Waals surface area contributed by atoms with E-state index in [2.05, 4.69) is 0 Å². The van der Waals surface area contributed by atoms with Crippen molar-refractivity contribution in [3.63, 3.8) is 0 Å². The number of nitrogens with two attached hydrogens (primary N) is 2. The standard InChI is InChI=1S/C13H21N3O3S/c1-16(9-13(17)6-2-3-7-13)11-5-4-10(14)8-12(11)20(15,18)19/h4-5,8,17H,2-3,6-7,9,14H2,1H3,(H2,15,18,19). The lowest BCUT2D eigenvalue weighted by molar-refractivity contribution is 0.0558. The van der Waals surface area contributed by atoms with Crippen LogP contribution in [0.25, 0.3) is 0 Å². The molecule has 2 rings (SSSR count). The van der Waals surface area contributed by atoms with Crippen LogP contribution in [0.4, 0.5) is 11.4 Å². The normalized spacial score (nSPS) is 18.1. The smallest absolute Gasteiger partial charge is 0.240 e. The van der Waals surface area contributed by atoms with Gasteiger partial charge in [0.2, 0.25) is 10.0 Å². The Morgan fingerprint density at radius 3 is 2.50 bits per heavy atom. The second-order valence-electron chi connectivity index (χ2n) is 5.56. The van der Waals surface area contributed by atoms with Crippen molar-refractivity contribution < 1.29 is 13.5 Å². The molecule has 1 aromatic rings. The second-order valence-corrected chi connectivity index (χ2v) is 7.09. The molecule has 5 N–H and O–H groups in total. The van der Waals surface area contributed by atoms with Gasteiger partial charge >= 0.3 is 0 Å². The Balaban J connectivity index is 2.32. The number of sulfonamides is 1. The molecule has 1 aromatic carbocycles. The van der Waals surface area contributed by atoms with Gasteiger partial charge in [0.05, 0.1) is 11.3 Å². The molecule has 1 saturated carbocycles. The summed E-state index contributed by atoms with van der Waals surface area (Å²) < 4.78 is 23.3. The SMILES string of the molecule is CN(CC1(O)CCCC1)c1ccc(N)cc1S(N)(=O)=O. The molecule has 0 heterocycles. The minimum Gasteiger partial charge on any atom is -0.399 e. The largest absolute Gasteiger partial charge is 0.399 e. The third-order valence-electron chi connectivity index (χ3n) is 3.77. The Morgan fingerprint density at radius 1 is 1.35 bits per heavy atom. The molecule has 0 aromatic heterocycles. The maximum atomic E-state index is 11.7. The highest BCUT2D eigenvalue weighted by atomic mass is 32.2. The summed E-state index contributed by atoms with van der Waals surface area (Å²) in [5.41, 5.74) is 5.67. The number of primary sulfonamides is 1. The summed E-state index contributed by atoms with van der Waals surface area (Å²) in [5.74, 6) is 0. The Kier molecular flexibility index (Phi) is 3.95. The molecule has 1 aliphatic rings. The van der Waals surface area contributed by atoms with Gasteiger partial charge in [-0.2, -0.15) is 0 Å². The zero-order valence-corrected chi connectivity index (χ0v) is 12.4. The van der Waals surface area contributed by atoms with E-state index >= 15 is 0 Å². The van der Waals surface area contributed by atoms with E-state index in [1.807, 2.05) is 0 Å². The van der Waals surface area contributed by atoms with Crippen molar-refractivity contribution >= 4 is 21.4 Å². The molecule has 0 amide bonds. The molecule has 0 aliphatic heterocycles. The minimum atomic E-state index is -3.86. The van der Waals surface area contributed by atoms with E-state index in [1.165, 1.54) is 6.07 Å². The van der Waals surface area contributed by atoms with E-state index in [-0.39, 0.29) is 4.90 Å². The summed E-state index contributed by atoms with van der Waals surface area (Å²) >= 11 is 0. The van der Waals surface area contributed by atoms with Crippen LogP contribution in [0.2, 0.25) is 0 Å². The van der Waals surface area contributed by atoms with Crippen LogP contribution in [0.3, 0.4) is 0 Å². The van der Waals surface area contributed by atoms with E-state index in [0.29, 0.717) is 17.9 Å². The molecular formula is C13H21N3O3S. The Bertz CT molecular complexity index is 595. The van der Waals surface area contributed by atoms with Gasteiger partial charge in [0, 0.05) is 19.3 Å². The molecule has 0 atom stereocenters. The van der Waals surface area contributed by atoms with Gasteiger partial charge in [0.25, 0.3) is 0 Å². The lowest BCUT2D eigenvalue weighted by Gasteiger charge is -2.31. The zero-order chi connectivity index (χ0) is 15.0. The highest BCUT2D eigenvalue weighted by Gasteiger charge is 2.33. The van der Waals surface area contributed by atoms with Gasteiger partial charge in [-0.1, -0.05) is 12.8 Å². The lowest BCUT2D eigenvalue weighted by Crippen LogP contribution is -2.39. The van der Waals surface area contributed by atoms with Gasteiger partial charge in [-0.3, -0.25) is 0 Å². The molecule has 112 valence electrons. The average Bonchev–Trinajstić information content (AvgIpc) is 2.74. The van der Waals surface area contributed by atoms with E-state index in [1.54, 1.807) is 24.1 Å². The number of nitrogens with zero attached hydrogens (tertiary/aromatic N) is 1. The molecule has 0 spiro atoms. The molecule has 7 heteroatoms. The van der Waals surface area contributed by atoms with E-state index < -0.39 is 15.6 Å².